The van der Waals surface area contributed by atoms with Crippen molar-refractivity contribution in [3.05, 3.63) is 27.5 Å². The molecule has 0 bridgehead atoms. The van der Waals surface area contributed by atoms with E-state index in [0.717, 1.165) is 22.1 Å². The maximum absolute atomic E-state index is 13.8. The van der Waals surface area contributed by atoms with Gasteiger partial charge in [-0.1, -0.05) is 15.9 Å². The van der Waals surface area contributed by atoms with Crippen LogP contribution in [0, 0.1) is 12.7 Å². The van der Waals surface area contributed by atoms with Crippen LogP contribution in [0.5, 0.6) is 5.75 Å². The third kappa shape index (κ3) is 2.46. The molecule has 1 N–H and O–H groups in total. The van der Waals surface area contributed by atoms with Crippen LogP contribution >= 0.6 is 15.9 Å². The Morgan fingerprint density at radius 1 is 1.59 bits per heavy atom. The summed E-state index contributed by atoms with van der Waals surface area (Å²) in [4.78, 5) is 0. The average Bonchev–Trinajstić information content (AvgIpc) is 2.34. The summed E-state index contributed by atoms with van der Waals surface area (Å²) in [5.74, 6) is -0.0893. The first kappa shape index (κ1) is 12.8. The van der Waals surface area contributed by atoms with Crippen molar-refractivity contribution in [2.75, 3.05) is 26.8 Å². The zero-order valence-electron chi connectivity index (χ0n) is 9.85. The number of halogens is 2. The summed E-state index contributed by atoms with van der Waals surface area (Å²) in [6.07, 6.45) is -0.161. The van der Waals surface area contributed by atoms with Crippen molar-refractivity contribution in [2.24, 2.45) is 0 Å². The lowest BCUT2D eigenvalue weighted by Gasteiger charge is -2.27. The predicted molar refractivity (Wildman–Crippen MR) is 67.0 cm³/mol. The van der Waals surface area contributed by atoms with Gasteiger partial charge in [-0.3, -0.25) is 0 Å². The number of rotatable bonds is 2. The standard InChI is InChI=1S/C12H15BrFNO2/c1-7-8(13)5-9(14)12(16-2)11(7)10-6-15-3-4-17-10/h5,10,15H,3-4,6H2,1-2H3. The van der Waals surface area contributed by atoms with Crippen molar-refractivity contribution in [2.45, 2.75) is 13.0 Å². The van der Waals surface area contributed by atoms with Gasteiger partial charge in [0.1, 0.15) is 0 Å². The van der Waals surface area contributed by atoms with Gasteiger partial charge in [0, 0.05) is 23.1 Å². The van der Waals surface area contributed by atoms with Crippen LogP contribution in [0.3, 0.4) is 0 Å². The number of morpholine rings is 1. The van der Waals surface area contributed by atoms with Crippen LogP contribution in [0.2, 0.25) is 0 Å². The number of nitrogens with one attached hydrogen (secondary N) is 1. The molecule has 1 aliphatic heterocycles. The van der Waals surface area contributed by atoms with Crippen molar-refractivity contribution < 1.29 is 13.9 Å². The van der Waals surface area contributed by atoms with E-state index in [-0.39, 0.29) is 17.7 Å². The third-order valence-corrected chi connectivity index (χ3v) is 3.75. The van der Waals surface area contributed by atoms with Crippen molar-refractivity contribution in [3.8, 4) is 5.75 Å². The fourth-order valence-corrected chi connectivity index (χ4v) is 2.47. The number of hydrogen-bond donors (Lipinski definition) is 1. The van der Waals surface area contributed by atoms with Gasteiger partial charge in [-0.05, 0) is 18.6 Å². The molecule has 5 heteroatoms. The molecule has 1 fully saturated rings. The highest BCUT2D eigenvalue weighted by Gasteiger charge is 2.25. The van der Waals surface area contributed by atoms with E-state index in [4.69, 9.17) is 9.47 Å². The van der Waals surface area contributed by atoms with Crippen LogP contribution in [0.25, 0.3) is 0 Å². The molecule has 17 heavy (non-hydrogen) atoms. The summed E-state index contributed by atoms with van der Waals surface area (Å²) < 4.78 is 25.4. The van der Waals surface area contributed by atoms with Gasteiger partial charge in [-0.2, -0.15) is 0 Å². The smallest absolute Gasteiger partial charge is 0.166 e. The van der Waals surface area contributed by atoms with Crippen molar-refractivity contribution in [3.63, 3.8) is 0 Å². The molecule has 1 atom stereocenters. The van der Waals surface area contributed by atoms with Crippen LogP contribution in [-0.2, 0) is 4.74 Å². The lowest BCUT2D eigenvalue weighted by molar-refractivity contribution is 0.0255. The molecule has 1 aromatic rings. The molecule has 1 saturated heterocycles. The summed E-state index contributed by atoms with van der Waals surface area (Å²) in [7, 11) is 1.48. The van der Waals surface area contributed by atoms with Crippen LogP contribution in [0.15, 0.2) is 10.5 Å². The molecule has 1 aromatic carbocycles. The van der Waals surface area contributed by atoms with Crippen LogP contribution in [0.1, 0.15) is 17.2 Å². The van der Waals surface area contributed by atoms with Gasteiger partial charge in [0.2, 0.25) is 0 Å². The predicted octanol–water partition coefficient (Wildman–Crippen LogP) is 2.57. The Kier molecular flexibility index (Phi) is 4.01. The fourth-order valence-electron chi connectivity index (χ4n) is 2.06. The maximum atomic E-state index is 13.8. The van der Waals surface area contributed by atoms with Gasteiger partial charge in [0.25, 0.3) is 0 Å². The highest BCUT2D eigenvalue weighted by molar-refractivity contribution is 9.10. The second-order valence-corrected chi connectivity index (χ2v) is 4.83. The molecule has 0 aliphatic carbocycles. The normalized spacial score (nSPS) is 20.4. The lowest BCUT2D eigenvalue weighted by atomic mass is 10.0. The summed E-state index contributed by atoms with van der Waals surface area (Å²) in [6.45, 7) is 4.06. The molecule has 0 spiro atoms. The van der Waals surface area contributed by atoms with E-state index in [2.05, 4.69) is 21.2 Å². The van der Waals surface area contributed by atoms with Crippen molar-refractivity contribution in [1.29, 1.82) is 0 Å². The van der Waals surface area contributed by atoms with Crippen LogP contribution in [-0.4, -0.2) is 26.8 Å². The minimum Gasteiger partial charge on any atom is -0.493 e. The quantitative estimate of drug-likeness (QED) is 0.911. The summed E-state index contributed by atoms with van der Waals surface area (Å²) in [5, 5.41) is 3.23. The Bertz CT molecular complexity index is 419. The molecular formula is C12H15BrFNO2. The number of methoxy groups -OCH3 is 1. The number of ether oxygens (including phenoxy) is 2. The molecule has 0 amide bonds. The van der Waals surface area contributed by atoms with E-state index in [1.54, 1.807) is 0 Å². The lowest BCUT2D eigenvalue weighted by Crippen LogP contribution is -2.34. The van der Waals surface area contributed by atoms with E-state index < -0.39 is 0 Å². The summed E-state index contributed by atoms with van der Waals surface area (Å²) in [6, 6.07) is 1.42. The van der Waals surface area contributed by atoms with Gasteiger partial charge in [0.15, 0.2) is 11.6 Å². The molecule has 1 heterocycles. The van der Waals surface area contributed by atoms with E-state index in [1.807, 2.05) is 6.92 Å². The molecule has 2 rings (SSSR count). The largest absolute Gasteiger partial charge is 0.493 e. The van der Waals surface area contributed by atoms with Crippen molar-refractivity contribution in [1.82, 2.24) is 5.32 Å². The molecule has 3 nitrogen and oxygen atoms in total. The zero-order valence-corrected chi connectivity index (χ0v) is 11.4. The molecule has 0 aromatic heterocycles. The van der Waals surface area contributed by atoms with Gasteiger partial charge >= 0.3 is 0 Å². The Balaban J connectivity index is 2.48. The second-order valence-electron chi connectivity index (χ2n) is 3.98. The number of hydrogen-bond acceptors (Lipinski definition) is 3. The summed E-state index contributed by atoms with van der Waals surface area (Å²) >= 11 is 3.36. The van der Waals surface area contributed by atoms with Gasteiger partial charge in [0.05, 0.1) is 19.8 Å². The first-order valence-corrected chi connectivity index (χ1v) is 6.29. The maximum Gasteiger partial charge on any atom is 0.166 e. The molecule has 1 unspecified atom stereocenters. The van der Waals surface area contributed by atoms with E-state index in [1.165, 1.54) is 13.2 Å². The van der Waals surface area contributed by atoms with Gasteiger partial charge in [-0.15, -0.1) is 0 Å². The van der Waals surface area contributed by atoms with Gasteiger partial charge < -0.3 is 14.8 Å². The van der Waals surface area contributed by atoms with E-state index >= 15 is 0 Å². The SMILES string of the molecule is COc1c(F)cc(Br)c(C)c1C1CNCCO1. The van der Waals surface area contributed by atoms with Gasteiger partial charge in [-0.25, -0.2) is 4.39 Å². The Labute approximate surface area is 108 Å². The Hall–Kier alpha value is -0.650. The van der Waals surface area contributed by atoms with E-state index in [9.17, 15) is 4.39 Å². The molecular weight excluding hydrogens is 289 g/mol. The minimum absolute atomic E-state index is 0.161. The molecule has 0 radical (unpaired) electrons. The van der Waals surface area contributed by atoms with Crippen LogP contribution in [0.4, 0.5) is 4.39 Å². The molecule has 0 saturated carbocycles. The Morgan fingerprint density at radius 2 is 2.35 bits per heavy atom. The monoisotopic (exact) mass is 303 g/mol. The third-order valence-electron chi connectivity index (χ3n) is 2.93. The summed E-state index contributed by atoms with van der Waals surface area (Å²) in [5.41, 5.74) is 1.74. The van der Waals surface area contributed by atoms with Crippen molar-refractivity contribution >= 4 is 15.9 Å². The average molecular weight is 304 g/mol. The van der Waals surface area contributed by atoms with Crippen LogP contribution < -0.4 is 10.1 Å². The number of benzene rings is 1. The molecule has 94 valence electrons. The molecule has 1 aliphatic rings. The topological polar surface area (TPSA) is 30.5 Å². The zero-order chi connectivity index (χ0) is 12.4. The first-order valence-electron chi connectivity index (χ1n) is 5.50. The highest BCUT2D eigenvalue weighted by Crippen LogP contribution is 2.37. The first-order chi connectivity index (χ1) is 8.15. The second kappa shape index (κ2) is 5.33. The fraction of sp³-hybridized carbons (Fsp3) is 0.500. The van der Waals surface area contributed by atoms with E-state index in [0.29, 0.717) is 13.2 Å². The minimum atomic E-state index is -0.367. The highest BCUT2D eigenvalue weighted by atomic mass is 79.9. The Morgan fingerprint density at radius 3 is 2.94 bits per heavy atom.